The van der Waals surface area contributed by atoms with Gasteiger partial charge >= 0.3 is 0 Å². The zero-order valence-electron chi connectivity index (χ0n) is 9.02. The quantitative estimate of drug-likeness (QED) is 0.811. The SMILES string of the molecule is OC(c1ccc2[nH]ccc2c1)C1CCCO1. The fraction of sp³-hybridized carbons (Fsp3) is 0.385. The minimum absolute atomic E-state index is 0.0311. The van der Waals surface area contributed by atoms with Gasteiger partial charge in [0.25, 0.3) is 0 Å². The van der Waals surface area contributed by atoms with Crippen LogP contribution < -0.4 is 0 Å². The second-order valence-corrected chi connectivity index (χ2v) is 4.32. The van der Waals surface area contributed by atoms with E-state index in [4.69, 9.17) is 4.74 Å². The molecule has 2 N–H and O–H groups in total. The minimum Gasteiger partial charge on any atom is -0.386 e. The van der Waals surface area contributed by atoms with Gasteiger partial charge in [0, 0.05) is 18.3 Å². The predicted octanol–water partition coefficient (Wildman–Crippen LogP) is 2.38. The van der Waals surface area contributed by atoms with Crippen molar-refractivity contribution in [1.82, 2.24) is 4.98 Å². The molecule has 0 radical (unpaired) electrons. The fourth-order valence-corrected chi connectivity index (χ4v) is 2.32. The van der Waals surface area contributed by atoms with Gasteiger partial charge in [0.15, 0.2) is 0 Å². The van der Waals surface area contributed by atoms with E-state index in [1.807, 2.05) is 30.5 Å². The van der Waals surface area contributed by atoms with Gasteiger partial charge in [-0.25, -0.2) is 0 Å². The summed E-state index contributed by atoms with van der Waals surface area (Å²) >= 11 is 0. The lowest BCUT2D eigenvalue weighted by atomic mass is 10.0. The summed E-state index contributed by atoms with van der Waals surface area (Å²) in [5.74, 6) is 0. The highest BCUT2D eigenvalue weighted by molar-refractivity contribution is 5.80. The molecule has 2 aromatic rings. The number of hydrogen-bond donors (Lipinski definition) is 2. The van der Waals surface area contributed by atoms with E-state index in [9.17, 15) is 5.11 Å². The molecule has 1 aromatic heterocycles. The lowest BCUT2D eigenvalue weighted by Gasteiger charge is -2.17. The van der Waals surface area contributed by atoms with Crippen molar-refractivity contribution in [2.45, 2.75) is 25.0 Å². The summed E-state index contributed by atoms with van der Waals surface area (Å²) < 4.78 is 5.50. The number of benzene rings is 1. The molecular weight excluding hydrogens is 202 g/mol. The van der Waals surface area contributed by atoms with E-state index in [2.05, 4.69) is 4.98 Å². The minimum atomic E-state index is -0.498. The van der Waals surface area contributed by atoms with Gasteiger partial charge in [0.05, 0.1) is 6.10 Å². The highest BCUT2D eigenvalue weighted by Gasteiger charge is 2.25. The number of H-pyrrole nitrogens is 1. The first-order valence-electron chi connectivity index (χ1n) is 5.71. The topological polar surface area (TPSA) is 45.2 Å². The van der Waals surface area contributed by atoms with E-state index in [-0.39, 0.29) is 6.10 Å². The summed E-state index contributed by atoms with van der Waals surface area (Å²) in [7, 11) is 0. The van der Waals surface area contributed by atoms with Crippen molar-refractivity contribution >= 4 is 10.9 Å². The third-order valence-electron chi connectivity index (χ3n) is 3.24. The summed E-state index contributed by atoms with van der Waals surface area (Å²) in [5, 5.41) is 11.3. The normalized spacial score (nSPS) is 22.7. The van der Waals surface area contributed by atoms with Gasteiger partial charge in [-0.05, 0) is 42.0 Å². The number of aliphatic hydroxyl groups is 1. The molecule has 3 nitrogen and oxygen atoms in total. The molecule has 3 heteroatoms. The smallest absolute Gasteiger partial charge is 0.105 e. The molecule has 2 atom stereocenters. The lowest BCUT2D eigenvalue weighted by Crippen LogP contribution is -2.16. The van der Waals surface area contributed by atoms with Gasteiger partial charge in [0.2, 0.25) is 0 Å². The Kier molecular flexibility index (Phi) is 2.42. The molecule has 1 aliphatic rings. The van der Waals surface area contributed by atoms with Crippen LogP contribution in [0.15, 0.2) is 30.5 Å². The van der Waals surface area contributed by atoms with E-state index in [0.29, 0.717) is 0 Å². The maximum absolute atomic E-state index is 10.2. The summed E-state index contributed by atoms with van der Waals surface area (Å²) in [6.07, 6.45) is 3.38. The van der Waals surface area contributed by atoms with Crippen LogP contribution in [0.5, 0.6) is 0 Å². The van der Waals surface area contributed by atoms with Crippen LogP contribution in [0.1, 0.15) is 24.5 Å². The Morgan fingerprint density at radius 1 is 1.38 bits per heavy atom. The van der Waals surface area contributed by atoms with Crippen LogP contribution >= 0.6 is 0 Å². The lowest BCUT2D eigenvalue weighted by molar-refractivity contribution is -0.00252. The number of nitrogens with one attached hydrogen (secondary N) is 1. The Balaban J connectivity index is 1.91. The van der Waals surface area contributed by atoms with Gasteiger partial charge in [0.1, 0.15) is 6.10 Å². The molecule has 0 bridgehead atoms. The van der Waals surface area contributed by atoms with Gasteiger partial charge in [-0.15, -0.1) is 0 Å². The molecule has 3 rings (SSSR count). The summed E-state index contributed by atoms with van der Waals surface area (Å²) in [6, 6.07) is 8.01. The Morgan fingerprint density at radius 3 is 3.12 bits per heavy atom. The van der Waals surface area contributed by atoms with Crippen molar-refractivity contribution in [2.75, 3.05) is 6.61 Å². The highest BCUT2D eigenvalue weighted by Crippen LogP contribution is 2.28. The molecule has 0 aliphatic carbocycles. The third-order valence-corrected chi connectivity index (χ3v) is 3.24. The van der Waals surface area contributed by atoms with Crippen molar-refractivity contribution in [3.8, 4) is 0 Å². The number of aromatic nitrogens is 1. The summed E-state index contributed by atoms with van der Waals surface area (Å²) in [5.41, 5.74) is 2.04. The molecule has 0 amide bonds. The number of aromatic amines is 1. The van der Waals surface area contributed by atoms with Crippen molar-refractivity contribution < 1.29 is 9.84 Å². The van der Waals surface area contributed by atoms with E-state index in [1.54, 1.807) is 0 Å². The average Bonchev–Trinajstić information content (AvgIpc) is 2.98. The monoisotopic (exact) mass is 217 g/mol. The van der Waals surface area contributed by atoms with Crippen LogP contribution in [0, 0.1) is 0 Å². The molecule has 84 valence electrons. The Hall–Kier alpha value is -1.32. The van der Waals surface area contributed by atoms with Crippen LogP contribution in [0.4, 0.5) is 0 Å². The molecule has 2 heterocycles. The van der Waals surface area contributed by atoms with Crippen LogP contribution in [0.2, 0.25) is 0 Å². The number of rotatable bonds is 2. The first kappa shape index (κ1) is 9.87. The molecular formula is C13H15NO2. The van der Waals surface area contributed by atoms with Gasteiger partial charge < -0.3 is 14.8 Å². The standard InChI is InChI=1S/C13H15NO2/c15-13(12-2-1-7-16-12)10-3-4-11-9(8-10)5-6-14-11/h3-6,8,12-15H,1-2,7H2. The molecule has 1 fully saturated rings. The van der Waals surface area contributed by atoms with Crippen molar-refractivity contribution in [2.24, 2.45) is 0 Å². The molecule has 1 aromatic carbocycles. The second-order valence-electron chi connectivity index (χ2n) is 4.32. The molecule has 1 aliphatic heterocycles. The van der Waals surface area contributed by atoms with Crippen LogP contribution in [0.25, 0.3) is 10.9 Å². The van der Waals surface area contributed by atoms with Crippen molar-refractivity contribution in [1.29, 1.82) is 0 Å². The van der Waals surface area contributed by atoms with E-state index >= 15 is 0 Å². The van der Waals surface area contributed by atoms with Gasteiger partial charge in [-0.3, -0.25) is 0 Å². The first-order chi connectivity index (χ1) is 7.84. The zero-order chi connectivity index (χ0) is 11.0. The van der Waals surface area contributed by atoms with Crippen molar-refractivity contribution in [3.05, 3.63) is 36.0 Å². The fourth-order valence-electron chi connectivity index (χ4n) is 2.32. The number of fused-ring (bicyclic) bond motifs is 1. The van der Waals surface area contributed by atoms with Crippen LogP contribution in [-0.4, -0.2) is 22.8 Å². The number of hydrogen-bond acceptors (Lipinski definition) is 2. The number of ether oxygens (including phenoxy) is 1. The van der Waals surface area contributed by atoms with Crippen LogP contribution in [0.3, 0.4) is 0 Å². The predicted molar refractivity (Wildman–Crippen MR) is 62.2 cm³/mol. The first-order valence-corrected chi connectivity index (χ1v) is 5.71. The molecule has 1 saturated heterocycles. The molecule has 0 saturated carbocycles. The Bertz CT molecular complexity index is 485. The Labute approximate surface area is 94.0 Å². The van der Waals surface area contributed by atoms with E-state index in [0.717, 1.165) is 35.9 Å². The second kappa shape index (κ2) is 3.92. The molecule has 0 spiro atoms. The molecule has 2 unspecified atom stereocenters. The zero-order valence-corrected chi connectivity index (χ0v) is 9.02. The van der Waals surface area contributed by atoms with Gasteiger partial charge in [-0.1, -0.05) is 6.07 Å². The summed E-state index contributed by atoms with van der Waals surface area (Å²) in [6.45, 7) is 0.772. The van der Waals surface area contributed by atoms with E-state index in [1.165, 1.54) is 0 Å². The van der Waals surface area contributed by atoms with Crippen molar-refractivity contribution in [3.63, 3.8) is 0 Å². The number of aliphatic hydroxyl groups excluding tert-OH is 1. The third kappa shape index (κ3) is 1.62. The van der Waals surface area contributed by atoms with Crippen LogP contribution in [-0.2, 0) is 4.74 Å². The average molecular weight is 217 g/mol. The Morgan fingerprint density at radius 2 is 2.31 bits per heavy atom. The highest BCUT2D eigenvalue weighted by atomic mass is 16.5. The van der Waals surface area contributed by atoms with Gasteiger partial charge in [-0.2, -0.15) is 0 Å². The maximum atomic E-state index is 10.2. The summed E-state index contributed by atoms with van der Waals surface area (Å²) in [4.78, 5) is 3.14. The maximum Gasteiger partial charge on any atom is 0.105 e. The largest absolute Gasteiger partial charge is 0.386 e. The molecule has 16 heavy (non-hydrogen) atoms. The van der Waals surface area contributed by atoms with E-state index < -0.39 is 6.10 Å².